The topological polar surface area (TPSA) is 80.3 Å². The average Bonchev–Trinajstić information content (AvgIpc) is 2.56. The van der Waals surface area contributed by atoms with E-state index in [9.17, 15) is 16.8 Å². The number of sulfone groups is 1. The number of halogens is 1. The van der Waals surface area contributed by atoms with Crippen LogP contribution in [-0.2, 0) is 19.9 Å². The van der Waals surface area contributed by atoms with Crippen LogP contribution in [0.4, 0.5) is 0 Å². The molecule has 1 aliphatic rings. The highest BCUT2D eigenvalue weighted by Gasteiger charge is 2.31. The molecule has 1 aromatic rings. The fraction of sp³-hybridized carbons (Fsp3) is 0.455. The first kappa shape index (κ1) is 15.0. The number of nitrogens with one attached hydrogen (secondary N) is 1. The van der Waals surface area contributed by atoms with Crippen LogP contribution >= 0.6 is 15.9 Å². The summed E-state index contributed by atoms with van der Waals surface area (Å²) in [5, 5.41) is 0. The summed E-state index contributed by atoms with van der Waals surface area (Å²) >= 11 is 3.22. The number of benzene rings is 1. The molecule has 5 nitrogen and oxygen atoms in total. The number of hydrogen-bond acceptors (Lipinski definition) is 4. The second-order valence-corrected chi connectivity index (χ2v) is 9.42. The molecule has 0 aliphatic carbocycles. The van der Waals surface area contributed by atoms with Crippen LogP contribution in [0.2, 0.25) is 0 Å². The summed E-state index contributed by atoms with van der Waals surface area (Å²) < 4.78 is 50.0. The zero-order chi connectivity index (χ0) is 14.3. The highest BCUT2D eigenvalue weighted by Crippen LogP contribution is 2.24. The van der Waals surface area contributed by atoms with Gasteiger partial charge in [-0.1, -0.05) is 6.07 Å². The molecule has 0 radical (unpaired) electrons. The van der Waals surface area contributed by atoms with Gasteiger partial charge in [0.05, 0.1) is 16.4 Å². The van der Waals surface area contributed by atoms with Crippen molar-refractivity contribution in [3.05, 3.63) is 28.2 Å². The summed E-state index contributed by atoms with van der Waals surface area (Å²) in [6.07, 6.45) is 0.324. The first-order chi connectivity index (χ1) is 8.70. The minimum atomic E-state index is -3.70. The number of sulfonamides is 1. The summed E-state index contributed by atoms with van der Waals surface area (Å²) in [4.78, 5) is 0.127. The predicted molar refractivity (Wildman–Crippen MR) is 76.3 cm³/mol. The molecule has 1 fully saturated rings. The van der Waals surface area contributed by atoms with Crippen LogP contribution in [0.1, 0.15) is 12.0 Å². The second-order valence-electron chi connectivity index (χ2n) is 4.66. The summed E-state index contributed by atoms with van der Waals surface area (Å²) in [6.45, 7) is 1.86. The SMILES string of the molecule is Cc1ccc(S(=O)(=O)NC2CCS(=O)(=O)C2)c(Br)c1. The van der Waals surface area contributed by atoms with Crippen molar-refractivity contribution in [1.82, 2.24) is 4.72 Å². The Morgan fingerprint density at radius 1 is 1.37 bits per heavy atom. The zero-order valence-electron chi connectivity index (χ0n) is 10.3. The Balaban J connectivity index is 2.24. The van der Waals surface area contributed by atoms with Gasteiger partial charge >= 0.3 is 0 Å². The quantitative estimate of drug-likeness (QED) is 0.870. The molecule has 1 aromatic carbocycles. The van der Waals surface area contributed by atoms with Gasteiger partial charge in [-0.2, -0.15) is 0 Å². The molecule has 0 amide bonds. The van der Waals surface area contributed by atoms with Crippen molar-refractivity contribution >= 4 is 35.8 Å². The number of hydrogen-bond donors (Lipinski definition) is 1. The van der Waals surface area contributed by atoms with Gasteiger partial charge in [-0.15, -0.1) is 0 Å². The van der Waals surface area contributed by atoms with Crippen molar-refractivity contribution in [3.63, 3.8) is 0 Å². The Labute approximate surface area is 121 Å². The van der Waals surface area contributed by atoms with E-state index in [1.807, 2.05) is 6.92 Å². The molecule has 1 aliphatic heterocycles. The molecule has 0 spiro atoms. The van der Waals surface area contributed by atoms with E-state index in [1.54, 1.807) is 12.1 Å². The minimum Gasteiger partial charge on any atom is -0.229 e. The fourth-order valence-electron chi connectivity index (χ4n) is 1.99. The van der Waals surface area contributed by atoms with Gasteiger partial charge in [-0.05, 0) is 47.0 Å². The van der Waals surface area contributed by atoms with Gasteiger partial charge in [-0.25, -0.2) is 21.6 Å². The highest BCUT2D eigenvalue weighted by atomic mass is 79.9. The fourth-order valence-corrected chi connectivity index (χ4v) is 6.24. The van der Waals surface area contributed by atoms with E-state index in [4.69, 9.17) is 0 Å². The summed E-state index contributed by atoms with van der Waals surface area (Å²) in [5.41, 5.74) is 0.939. The van der Waals surface area contributed by atoms with E-state index in [-0.39, 0.29) is 16.4 Å². The van der Waals surface area contributed by atoms with Crippen LogP contribution in [0.5, 0.6) is 0 Å². The molecule has 8 heteroatoms. The number of aryl methyl sites for hydroxylation is 1. The molecule has 0 aromatic heterocycles. The van der Waals surface area contributed by atoms with Crippen molar-refractivity contribution in [2.45, 2.75) is 24.3 Å². The van der Waals surface area contributed by atoms with Crippen molar-refractivity contribution in [3.8, 4) is 0 Å². The standard InChI is InChI=1S/C11H14BrNO4S2/c1-8-2-3-11(10(12)6-8)19(16,17)13-9-4-5-18(14,15)7-9/h2-3,6,9,13H,4-5,7H2,1H3. The highest BCUT2D eigenvalue weighted by molar-refractivity contribution is 9.10. The lowest BCUT2D eigenvalue weighted by atomic mass is 10.2. The van der Waals surface area contributed by atoms with Crippen LogP contribution in [-0.4, -0.2) is 34.4 Å². The smallest absolute Gasteiger partial charge is 0.229 e. The zero-order valence-corrected chi connectivity index (χ0v) is 13.5. The first-order valence-corrected chi connectivity index (χ1v) is 9.78. The lowest BCUT2D eigenvalue weighted by Crippen LogP contribution is -2.35. The molecular weight excluding hydrogens is 354 g/mol. The van der Waals surface area contributed by atoms with Gasteiger partial charge in [0.25, 0.3) is 0 Å². The molecular formula is C11H14BrNO4S2. The van der Waals surface area contributed by atoms with Crippen molar-refractivity contribution in [2.75, 3.05) is 11.5 Å². The molecule has 1 saturated heterocycles. The molecule has 1 heterocycles. The normalized spacial score (nSPS) is 22.5. The van der Waals surface area contributed by atoms with Gasteiger partial charge < -0.3 is 0 Å². The second kappa shape index (κ2) is 5.16. The summed E-state index contributed by atoms with van der Waals surface area (Å²) in [7, 11) is -6.81. The maximum atomic E-state index is 12.2. The van der Waals surface area contributed by atoms with Crippen LogP contribution in [0.25, 0.3) is 0 Å². The van der Waals surface area contributed by atoms with E-state index in [1.165, 1.54) is 6.07 Å². The first-order valence-electron chi connectivity index (χ1n) is 5.68. The van der Waals surface area contributed by atoms with Gasteiger partial charge in [-0.3, -0.25) is 0 Å². The van der Waals surface area contributed by atoms with E-state index in [0.717, 1.165) is 5.56 Å². The van der Waals surface area contributed by atoms with Gasteiger partial charge in [0.2, 0.25) is 10.0 Å². The largest absolute Gasteiger partial charge is 0.241 e. The average molecular weight is 368 g/mol. The number of rotatable bonds is 3. The summed E-state index contributed by atoms with van der Waals surface area (Å²) in [6, 6.07) is 4.37. The van der Waals surface area contributed by atoms with Crippen molar-refractivity contribution in [1.29, 1.82) is 0 Å². The van der Waals surface area contributed by atoms with Crippen LogP contribution in [0, 0.1) is 6.92 Å². The molecule has 0 bridgehead atoms. The molecule has 0 saturated carbocycles. The monoisotopic (exact) mass is 367 g/mol. The van der Waals surface area contributed by atoms with Crippen LogP contribution < -0.4 is 4.72 Å². The Morgan fingerprint density at radius 2 is 2.05 bits per heavy atom. The molecule has 1 unspecified atom stereocenters. The lowest BCUT2D eigenvalue weighted by Gasteiger charge is -2.13. The third-order valence-corrected chi connectivity index (χ3v) is 7.20. The van der Waals surface area contributed by atoms with Crippen LogP contribution in [0.15, 0.2) is 27.6 Å². The Kier molecular flexibility index (Phi) is 4.06. The Bertz CT molecular complexity index is 697. The predicted octanol–water partition coefficient (Wildman–Crippen LogP) is 1.22. The molecule has 2 rings (SSSR count). The van der Waals surface area contributed by atoms with Crippen molar-refractivity contribution in [2.24, 2.45) is 0 Å². The van der Waals surface area contributed by atoms with E-state index in [2.05, 4.69) is 20.7 Å². The molecule has 106 valence electrons. The molecule has 19 heavy (non-hydrogen) atoms. The maximum absolute atomic E-state index is 12.2. The van der Waals surface area contributed by atoms with Gasteiger partial charge in [0.15, 0.2) is 9.84 Å². The molecule has 1 atom stereocenters. The van der Waals surface area contributed by atoms with Crippen LogP contribution in [0.3, 0.4) is 0 Å². The minimum absolute atomic E-state index is 0.0370. The lowest BCUT2D eigenvalue weighted by molar-refractivity contribution is 0.562. The van der Waals surface area contributed by atoms with E-state index >= 15 is 0 Å². The third kappa shape index (κ3) is 3.56. The van der Waals surface area contributed by atoms with Crippen molar-refractivity contribution < 1.29 is 16.8 Å². The molecule has 1 N–H and O–H groups in total. The van der Waals surface area contributed by atoms with E-state index in [0.29, 0.717) is 10.9 Å². The van der Waals surface area contributed by atoms with Gasteiger partial charge in [0.1, 0.15) is 0 Å². The maximum Gasteiger partial charge on any atom is 0.241 e. The van der Waals surface area contributed by atoms with Gasteiger partial charge in [0, 0.05) is 10.5 Å². The third-order valence-electron chi connectivity index (χ3n) is 2.93. The summed E-state index contributed by atoms with van der Waals surface area (Å²) in [5.74, 6) is -0.0923. The van der Waals surface area contributed by atoms with E-state index < -0.39 is 25.9 Å². The Morgan fingerprint density at radius 3 is 2.58 bits per heavy atom. The Hall–Kier alpha value is -0.440.